The van der Waals surface area contributed by atoms with Gasteiger partial charge in [0.1, 0.15) is 10.7 Å². The molecular formula is C5H5ClN2O. The van der Waals surface area contributed by atoms with Crippen LogP contribution in [0.1, 0.15) is 5.69 Å². The minimum Gasteiger partial charge on any atom is -0.711 e. The van der Waals surface area contributed by atoms with Crippen molar-refractivity contribution >= 4 is 11.6 Å². The van der Waals surface area contributed by atoms with Crippen molar-refractivity contribution < 1.29 is 4.73 Å². The lowest BCUT2D eigenvalue weighted by Crippen LogP contribution is -2.30. The van der Waals surface area contributed by atoms with Gasteiger partial charge in [0.15, 0.2) is 6.20 Å². The van der Waals surface area contributed by atoms with E-state index in [0.717, 1.165) is 0 Å². The molecule has 0 aliphatic heterocycles. The van der Waals surface area contributed by atoms with Crippen molar-refractivity contribution in [2.45, 2.75) is 6.92 Å². The Morgan fingerprint density at radius 1 is 1.78 bits per heavy atom. The molecule has 1 heterocycles. The number of nitrogens with zero attached hydrogens (tertiary/aromatic N) is 2. The highest BCUT2D eigenvalue weighted by molar-refractivity contribution is 6.30. The summed E-state index contributed by atoms with van der Waals surface area (Å²) in [6, 6.07) is 0. The van der Waals surface area contributed by atoms with Gasteiger partial charge in [0, 0.05) is 0 Å². The fourth-order valence-corrected chi connectivity index (χ4v) is 0.584. The second-order valence-corrected chi connectivity index (χ2v) is 2.06. The third-order valence-electron chi connectivity index (χ3n) is 1.04. The van der Waals surface area contributed by atoms with Crippen molar-refractivity contribution in [3.63, 3.8) is 0 Å². The van der Waals surface area contributed by atoms with E-state index in [9.17, 15) is 5.21 Å². The first-order chi connectivity index (χ1) is 4.22. The molecule has 1 rings (SSSR count). The molecular weight excluding hydrogens is 140 g/mol. The molecule has 1 aromatic rings. The van der Waals surface area contributed by atoms with Crippen LogP contribution in [0.3, 0.4) is 0 Å². The Morgan fingerprint density at radius 3 is 2.89 bits per heavy atom. The molecule has 0 spiro atoms. The Bertz CT molecular complexity index is 206. The van der Waals surface area contributed by atoms with E-state index in [1.54, 1.807) is 6.92 Å². The minimum absolute atomic E-state index is 0.396. The van der Waals surface area contributed by atoms with E-state index in [2.05, 4.69) is 4.98 Å². The summed E-state index contributed by atoms with van der Waals surface area (Å²) in [6.45, 7) is 1.64. The van der Waals surface area contributed by atoms with Gasteiger partial charge < -0.3 is 5.21 Å². The number of hydrogen-bond acceptors (Lipinski definition) is 2. The molecule has 0 saturated carbocycles. The summed E-state index contributed by atoms with van der Waals surface area (Å²) in [5, 5.41) is 11.0. The molecule has 0 saturated heterocycles. The van der Waals surface area contributed by atoms with Gasteiger partial charge in [0.05, 0.1) is 0 Å². The van der Waals surface area contributed by atoms with Gasteiger partial charge in [-0.15, -0.1) is 0 Å². The Kier molecular flexibility index (Phi) is 1.53. The van der Waals surface area contributed by atoms with E-state index in [4.69, 9.17) is 11.6 Å². The van der Waals surface area contributed by atoms with Gasteiger partial charge >= 0.3 is 0 Å². The zero-order valence-corrected chi connectivity index (χ0v) is 5.59. The molecule has 0 unspecified atom stereocenters. The second kappa shape index (κ2) is 2.19. The quantitative estimate of drug-likeness (QED) is 0.397. The molecule has 1 aromatic heterocycles. The predicted octanol–water partition coefficient (Wildman–Crippen LogP) is 0.677. The topological polar surface area (TPSA) is 39.8 Å². The third-order valence-corrected chi connectivity index (χ3v) is 1.41. The van der Waals surface area contributed by atoms with E-state index >= 15 is 0 Å². The minimum atomic E-state index is 0.396. The molecule has 0 radical (unpaired) electrons. The summed E-state index contributed by atoms with van der Waals surface area (Å²) in [7, 11) is 0. The number of hydrogen-bond donors (Lipinski definition) is 0. The van der Waals surface area contributed by atoms with Crippen molar-refractivity contribution in [2.24, 2.45) is 0 Å². The number of aromatic nitrogens is 2. The molecule has 0 bridgehead atoms. The predicted molar refractivity (Wildman–Crippen MR) is 32.9 cm³/mol. The van der Waals surface area contributed by atoms with E-state index < -0.39 is 0 Å². The van der Waals surface area contributed by atoms with Crippen molar-refractivity contribution in [3.8, 4) is 0 Å². The number of halogens is 1. The van der Waals surface area contributed by atoms with E-state index in [1.807, 2.05) is 0 Å². The highest BCUT2D eigenvalue weighted by Crippen LogP contribution is 2.05. The first-order valence-corrected chi connectivity index (χ1v) is 2.79. The van der Waals surface area contributed by atoms with Crippen LogP contribution in [0.4, 0.5) is 0 Å². The van der Waals surface area contributed by atoms with Crippen LogP contribution in [0.2, 0.25) is 5.02 Å². The first-order valence-electron chi connectivity index (χ1n) is 2.41. The smallest absolute Gasteiger partial charge is 0.289 e. The van der Waals surface area contributed by atoms with Crippen molar-refractivity contribution in [1.82, 2.24) is 4.98 Å². The lowest BCUT2D eigenvalue weighted by Gasteiger charge is -2.02. The van der Waals surface area contributed by atoms with Crippen LogP contribution in [0.15, 0.2) is 12.5 Å². The maximum Gasteiger partial charge on any atom is 0.289 e. The highest BCUT2D eigenvalue weighted by atomic mass is 35.5. The zero-order chi connectivity index (χ0) is 6.85. The third kappa shape index (κ3) is 1.10. The molecule has 0 fully saturated rings. The summed E-state index contributed by atoms with van der Waals surface area (Å²) in [6.07, 6.45) is 2.60. The fraction of sp³-hybridized carbons (Fsp3) is 0.200. The van der Waals surface area contributed by atoms with Gasteiger partial charge in [-0.2, -0.15) is 0 Å². The highest BCUT2D eigenvalue weighted by Gasteiger charge is 1.99. The van der Waals surface area contributed by atoms with E-state index in [0.29, 0.717) is 15.4 Å². The Morgan fingerprint density at radius 2 is 2.44 bits per heavy atom. The lowest BCUT2D eigenvalue weighted by atomic mass is 10.5. The summed E-state index contributed by atoms with van der Waals surface area (Å²) < 4.78 is 0.627. The van der Waals surface area contributed by atoms with Gasteiger partial charge in [-0.3, -0.25) is 0 Å². The molecule has 9 heavy (non-hydrogen) atoms. The Hall–Kier alpha value is -0.830. The zero-order valence-electron chi connectivity index (χ0n) is 4.84. The maximum absolute atomic E-state index is 10.6. The summed E-state index contributed by atoms with van der Waals surface area (Å²) in [5.41, 5.74) is 0.478. The van der Waals surface area contributed by atoms with Crippen LogP contribution in [-0.4, -0.2) is 4.98 Å². The van der Waals surface area contributed by atoms with Crippen LogP contribution in [-0.2, 0) is 0 Å². The van der Waals surface area contributed by atoms with Gasteiger partial charge in [-0.1, -0.05) is 16.6 Å². The van der Waals surface area contributed by atoms with Gasteiger partial charge in [0.25, 0.3) is 6.33 Å². The molecule has 3 nitrogen and oxygen atoms in total. The van der Waals surface area contributed by atoms with Crippen LogP contribution >= 0.6 is 11.6 Å². The van der Waals surface area contributed by atoms with Crippen molar-refractivity contribution in [2.75, 3.05) is 0 Å². The maximum atomic E-state index is 10.6. The normalized spacial score (nSPS) is 9.56. The largest absolute Gasteiger partial charge is 0.711 e. The molecule has 4 heteroatoms. The monoisotopic (exact) mass is 144 g/mol. The van der Waals surface area contributed by atoms with Crippen LogP contribution in [0.25, 0.3) is 0 Å². The summed E-state index contributed by atoms with van der Waals surface area (Å²) in [4.78, 5) is 3.56. The molecule has 0 aliphatic carbocycles. The average Bonchev–Trinajstić information content (AvgIpc) is 1.83. The first kappa shape index (κ1) is 6.29. The van der Waals surface area contributed by atoms with Crippen molar-refractivity contribution in [1.29, 1.82) is 0 Å². The molecule has 0 aromatic carbocycles. The number of rotatable bonds is 0. The fourth-order valence-electron chi connectivity index (χ4n) is 0.445. The van der Waals surface area contributed by atoms with Crippen LogP contribution < -0.4 is 4.73 Å². The Labute approximate surface area is 57.5 Å². The lowest BCUT2D eigenvalue weighted by molar-refractivity contribution is -0.615. The van der Waals surface area contributed by atoms with Gasteiger partial charge in [0.2, 0.25) is 0 Å². The van der Waals surface area contributed by atoms with Crippen molar-refractivity contribution in [3.05, 3.63) is 28.4 Å². The van der Waals surface area contributed by atoms with Gasteiger partial charge in [-0.05, 0) is 6.92 Å². The Balaban J connectivity index is 3.25. The van der Waals surface area contributed by atoms with E-state index in [-0.39, 0.29) is 0 Å². The van der Waals surface area contributed by atoms with Gasteiger partial charge in [-0.25, -0.2) is 4.73 Å². The molecule has 0 atom stereocenters. The summed E-state index contributed by atoms with van der Waals surface area (Å²) in [5.74, 6) is 0. The summed E-state index contributed by atoms with van der Waals surface area (Å²) >= 11 is 5.53. The second-order valence-electron chi connectivity index (χ2n) is 1.65. The molecule has 0 aliphatic rings. The van der Waals surface area contributed by atoms with Crippen LogP contribution in [0.5, 0.6) is 0 Å². The standard InChI is InChI=1S/C5H5ClN2O/c1-4-5(6)2-7-3-8(4)9/h2-3H,1H3. The molecule has 0 N–H and O–H groups in total. The average molecular weight is 145 g/mol. The molecule has 0 amide bonds. The van der Waals surface area contributed by atoms with Crippen LogP contribution in [0, 0.1) is 12.1 Å². The SMILES string of the molecule is Cc1c(Cl)cnc[n+]1[O-]. The van der Waals surface area contributed by atoms with E-state index in [1.165, 1.54) is 12.5 Å². The molecule has 48 valence electrons.